The van der Waals surface area contributed by atoms with Gasteiger partial charge in [-0.1, -0.05) is 6.07 Å². The number of nitrogens with zero attached hydrogens (tertiary/aromatic N) is 3. The summed E-state index contributed by atoms with van der Waals surface area (Å²) < 4.78 is 12.6. The zero-order valence-corrected chi connectivity index (χ0v) is 15.7. The topological polar surface area (TPSA) is 98.5 Å². The van der Waals surface area contributed by atoms with E-state index in [0.29, 0.717) is 29.5 Å². The third kappa shape index (κ3) is 3.73. The van der Waals surface area contributed by atoms with Crippen LogP contribution < -0.4 is 14.8 Å². The summed E-state index contributed by atoms with van der Waals surface area (Å²) in [4.78, 5) is 17.1. The number of carbonyl (C=O) groups is 1. The number of phenolic OH excluding ortho intramolecular Hbond substituents is 1. The van der Waals surface area contributed by atoms with Gasteiger partial charge in [-0.3, -0.25) is 4.79 Å². The third-order valence-electron chi connectivity index (χ3n) is 4.94. The minimum atomic E-state index is -0.149. The molecule has 2 N–H and O–H groups in total. The Morgan fingerprint density at radius 3 is 2.86 bits per heavy atom. The number of aromatic hydroxyl groups is 1. The molecule has 0 spiro atoms. The summed E-state index contributed by atoms with van der Waals surface area (Å²) in [6, 6.07) is 12.1. The zero-order chi connectivity index (χ0) is 19.8. The van der Waals surface area contributed by atoms with Crippen molar-refractivity contribution in [3.8, 4) is 22.9 Å². The number of benzene rings is 2. The SMILES string of the molecule is O=C(CCc1nc(C2CC2)nn1-c1ccc2c(c1)OCO2)Nc1cccc(O)c1. The van der Waals surface area contributed by atoms with Gasteiger partial charge in [0, 0.05) is 36.6 Å². The Morgan fingerprint density at radius 1 is 1.17 bits per heavy atom. The lowest BCUT2D eigenvalue weighted by molar-refractivity contribution is -0.116. The van der Waals surface area contributed by atoms with Crippen molar-refractivity contribution in [2.24, 2.45) is 0 Å². The molecule has 29 heavy (non-hydrogen) atoms. The fraction of sp³-hybridized carbons (Fsp3) is 0.286. The molecule has 148 valence electrons. The molecule has 0 atom stereocenters. The lowest BCUT2D eigenvalue weighted by atomic mass is 10.2. The van der Waals surface area contributed by atoms with E-state index in [9.17, 15) is 9.90 Å². The highest BCUT2D eigenvalue weighted by Gasteiger charge is 2.29. The Kier molecular flexibility index (Phi) is 4.31. The molecule has 1 aliphatic heterocycles. The van der Waals surface area contributed by atoms with E-state index in [1.807, 2.05) is 18.2 Å². The molecule has 2 aliphatic rings. The average Bonchev–Trinajstić information content (AvgIpc) is 3.30. The normalized spacial score (nSPS) is 14.8. The Balaban J connectivity index is 1.34. The number of rotatable bonds is 6. The molecule has 0 bridgehead atoms. The summed E-state index contributed by atoms with van der Waals surface area (Å²) in [5.74, 6) is 3.32. The number of nitrogens with one attached hydrogen (secondary N) is 1. The van der Waals surface area contributed by atoms with Gasteiger partial charge in [0.25, 0.3) is 0 Å². The fourth-order valence-electron chi connectivity index (χ4n) is 3.29. The molecular formula is C21H20N4O4. The largest absolute Gasteiger partial charge is 0.508 e. The molecule has 8 heteroatoms. The van der Waals surface area contributed by atoms with Crippen LogP contribution in [0.25, 0.3) is 5.69 Å². The van der Waals surface area contributed by atoms with Gasteiger partial charge in [-0.25, -0.2) is 9.67 Å². The average molecular weight is 392 g/mol. The molecule has 1 fully saturated rings. The van der Waals surface area contributed by atoms with Crippen LogP contribution in [0.2, 0.25) is 0 Å². The van der Waals surface area contributed by atoms with Crippen molar-refractivity contribution in [3.05, 3.63) is 54.1 Å². The summed E-state index contributed by atoms with van der Waals surface area (Å²) >= 11 is 0. The van der Waals surface area contributed by atoms with Crippen LogP contribution in [-0.2, 0) is 11.2 Å². The first-order valence-electron chi connectivity index (χ1n) is 9.60. The van der Waals surface area contributed by atoms with E-state index < -0.39 is 0 Å². The molecule has 0 saturated heterocycles. The van der Waals surface area contributed by atoms with Crippen molar-refractivity contribution in [1.82, 2.24) is 14.8 Å². The van der Waals surface area contributed by atoms with E-state index in [-0.39, 0.29) is 24.9 Å². The molecule has 2 heterocycles. The first-order chi connectivity index (χ1) is 14.2. The standard InChI is InChI=1S/C21H20N4O4/c26-16-3-1-2-14(10-16)22-20(27)9-8-19-23-21(13-4-5-13)24-25(19)15-6-7-17-18(11-15)29-12-28-17/h1-3,6-7,10-11,13,26H,4-5,8-9,12H2,(H,22,27). The minimum absolute atomic E-state index is 0.111. The van der Waals surface area contributed by atoms with E-state index in [1.54, 1.807) is 22.9 Å². The maximum Gasteiger partial charge on any atom is 0.231 e. The second kappa shape index (κ2) is 7.12. The molecule has 1 aliphatic carbocycles. The number of phenols is 1. The highest BCUT2D eigenvalue weighted by atomic mass is 16.7. The third-order valence-corrected chi connectivity index (χ3v) is 4.94. The first-order valence-corrected chi connectivity index (χ1v) is 9.60. The van der Waals surface area contributed by atoms with Gasteiger partial charge in [-0.2, -0.15) is 5.10 Å². The van der Waals surface area contributed by atoms with E-state index in [4.69, 9.17) is 14.5 Å². The fourth-order valence-corrected chi connectivity index (χ4v) is 3.29. The Morgan fingerprint density at radius 2 is 2.03 bits per heavy atom. The first kappa shape index (κ1) is 17.5. The van der Waals surface area contributed by atoms with Gasteiger partial charge in [-0.05, 0) is 37.1 Å². The second-order valence-corrected chi connectivity index (χ2v) is 7.21. The quantitative estimate of drug-likeness (QED) is 0.669. The van der Waals surface area contributed by atoms with Gasteiger partial charge in [0.2, 0.25) is 12.7 Å². The van der Waals surface area contributed by atoms with Crippen LogP contribution in [0, 0.1) is 0 Å². The van der Waals surface area contributed by atoms with E-state index in [1.165, 1.54) is 6.07 Å². The Bertz CT molecular complexity index is 1070. The minimum Gasteiger partial charge on any atom is -0.508 e. The van der Waals surface area contributed by atoms with Crippen LogP contribution in [0.4, 0.5) is 5.69 Å². The van der Waals surface area contributed by atoms with Gasteiger partial charge in [0.15, 0.2) is 17.3 Å². The van der Waals surface area contributed by atoms with E-state index in [0.717, 1.165) is 30.2 Å². The molecule has 1 amide bonds. The second-order valence-electron chi connectivity index (χ2n) is 7.21. The van der Waals surface area contributed by atoms with Crippen LogP contribution >= 0.6 is 0 Å². The van der Waals surface area contributed by atoms with Crippen molar-refractivity contribution in [2.45, 2.75) is 31.6 Å². The molecule has 1 saturated carbocycles. The molecule has 3 aromatic rings. The number of ether oxygens (including phenoxy) is 2. The van der Waals surface area contributed by atoms with Crippen molar-refractivity contribution in [2.75, 3.05) is 12.1 Å². The molecule has 0 unspecified atom stereocenters. The van der Waals surface area contributed by atoms with Gasteiger partial charge >= 0.3 is 0 Å². The summed E-state index contributed by atoms with van der Waals surface area (Å²) in [5.41, 5.74) is 1.39. The number of carbonyl (C=O) groups excluding carboxylic acids is 1. The maximum absolute atomic E-state index is 12.4. The highest BCUT2D eigenvalue weighted by molar-refractivity contribution is 5.90. The van der Waals surface area contributed by atoms with Crippen molar-refractivity contribution < 1.29 is 19.4 Å². The van der Waals surface area contributed by atoms with Gasteiger partial charge in [0.1, 0.15) is 11.6 Å². The lowest BCUT2D eigenvalue weighted by Crippen LogP contribution is -2.14. The van der Waals surface area contributed by atoms with Crippen LogP contribution in [0.1, 0.15) is 36.8 Å². The predicted octanol–water partition coefficient (Wildman–Crippen LogP) is 3.15. The molecule has 5 rings (SSSR count). The molecule has 0 radical (unpaired) electrons. The number of amides is 1. The van der Waals surface area contributed by atoms with Crippen LogP contribution in [0.5, 0.6) is 17.2 Å². The highest BCUT2D eigenvalue weighted by Crippen LogP contribution is 2.39. The summed E-state index contributed by atoms with van der Waals surface area (Å²) in [5, 5.41) is 17.0. The van der Waals surface area contributed by atoms with Crippen molar-refractivity contribution >= 4 is 11.6 Å². The van der Waals surface area contributed by atoms with Gasteiger partial charge in [0.05, 0.1) is 5.69 Å². The molecular weight excluding hydrogens is 372 g/mol. The van der Waals surface area contributed by atoms with Crippen LogP contribution in [0.3, 0.4) is 0 Å². The van der Waals surface area contributed by atoms with Crippen molar-refractivity contribution in [3.63, 3.8) is 0 Å². The lowest BCUT2D eigenvalue weighted by Gasteiger charge is -2.08. The zero-order valence-electron chi connectivity index (χ0n) is 15.7. The number of aryl methyl sites for hydroxylation is 1. The Labute approximate surface area is 167 Å². The summed E-state index contributed by atoms with van der Waals surface area (Å²) in [7, 11) is 0. The van der Waals surface area contributed by atoms with Gasteiger partial charge in [-0.15, -0.1) is 0 Å². The summed E-state index contributed by atoms with van der Waals surface area (Å²) in [6.07, 6.45) is 2.90. The van der Waals surface area contributed by atoms with E-state index >= 15 is 0 Å². The number of anilines is 1. The number of aromatic nitrogens is 3. The van der Waals surface area contributed by atoms with Crippen LogP contribution in [-0.4, -0.2) is 32.6 Å². The smallest absolute Gasteiger partial charge is 0.231 e. The van der Waals surface area contributed by atoms with Crippen molar-refractivity contribution in [1.29, 1.82) is 0 Å². The monoisotopic (exact) mass is 392 g/mol. The summed E-state index contributed by atoms with van der Waals surface area (Å²) in [6.45, 7) is 0.214. The predicted molar refractivity (Wildman–Crippen MR) is 105 cm³/mol. The molecule has 1 aromatic heterocycles. The Hall–Kier alpha value is -3.55. The maximum atomic E-state index is 12.4. The number of fused-ring (bicyclic) bond motifs is 1. The molecule has 2 aromatic carbocycles. The van der Waals surface area contributed by atoms with E-state index in [2.05, 4.69) is 10.4 Å². The van der Waals surface area contributed by atoms with Gasteiger partial charge < -0.3 is 19.9 Å². The number of hydrogen-bond donors (Lipinski definition) is 2. The number of hydrogen-bond acceptors (Lipinski definition) is 6. The van der Waals surface area contributed by atoms with Crippen LogP contribution in [0.15, 0.2) is 42.5 Å². The molecule has 8 nitrogen and oxygen atoms in total.